The average Bonchev–Trinajstić information content (AvgIpc) is 3.17. The second-order valence-corrected chi connectivity index (χ2v) is 5.68. The Labute approximate surface area is 138 Å². The number of hydrogen-bond donors (Lipinski definition) is 0. The zero-order valence-electron chi connectivity index (χ0n) is 13.1. The third kappa shape index (κ3) is 5.12. The first kappa shape index (κ1) is 17.6. The minimum Gasteiger partial charge on any atom is -0.477 e. The van der Waals surface area contributed by atoms with Crippen molar-refractivity contribution in [3.8, 4) is 0 Å². The summed E-state index contributed by atoms with van der Waals surface area (Å²) < 4.78 is 20.5. The molecule has 0 saturated carbocycles. The molecule has 0 aromatic heterocycles. The SMILES string of the molecule is CCOC(=O)[C@@H]1COC(CSCC2=N[C@@H](C(=O)OCC)CO2)=N1. The summed E-state index contributed by atoms with van der Waals surface area (Å²) in [5.41, 5.74) is 0. The van der Waals surface area contributed by atoms with Gasteiger partial charge in [0.05, 0.1) is 24.7 Å². The highest BCUT2D eigenvalue weighted by molar-refractivity contribution is 8.00. The van der Waals surface area contributed by atoms with E-state index in [4.69, 9.17) is 18.9 Å². The van der Waals surface area contributed by atoms with E-state index in [1.165, 1.54) is 11.8 Å². The molecule has 2 atom stereocenters. The van der Waals surface area contributed by atoms with E-state index in [-0.39, 0.29) is 25.2 Å². The lowest BCUT2D eigenvalue weighted by atomic mass is 10.3. The van der Waals surface area contributed by atoms with Crippen LogP contribution in [0.25, 0.3) is 0 Å². The normalized spacial score (nSPS) is 22.7. The summed E-state index contributed by atoms with van der Waals surface area (Å²) in [4.78, 5) is 31.4. The standard InChI is InChI=1S/C14H20N2O6S/c1-3-19-13(17)9-5-21-11(15-9)7-23-8-12-16-10(6-22-12)14(18)20-4-2/h9-10H,3-8H2,1-2H3/t9-,10+. The third-order valence-electron chi connectivity index (χ3n) is 2.98. The lowest BCUT2D eigenvalue weighted by Gasteiger charge is -2.03. The van der Waals surface area contributed by atoms with Gasteiger partial charge in [-0.2, -0.15) is 0 Å². The van der Waals surface area contributed by atoms with Crippen LogP contribution < -0.4 is 0 Å². The number of carbonyl (C=O) groups is 2. The van der Waals surface area contributed by atoms with Gasteiger partial charge in [-0.25, -0.2) is 19.6 Å². The molecular formula is C14H20N2O6S. The first-order valence-corrected chi connectivity index (χ1v) is 8.59. The average molecular weight is 344 g/mol. The van der Waals surface area contributed by atoms with Crippen LogP contribution in [0.4, 0.5) is 0 Å². The molecule has 2 heterocycles. The van der Waals surface area contributed by atoms with Crippen LogP contribution in [0.2, 0.25) is 0 Å². The molecule has 2 aliphatic rings. The summed E-state index contributed by atoms with van der Waals surface area (Å²) in [5.74, 6) is 1.29. The summed E-state index contributed by atoms with van der Waals surface area (Å²) in [6.45, 7) is 4.59. The molecule has 8 nitrogen and oxygen atoms in total. The third-order valence-corrected chi connectivity index (χ3v) is 3.89. The van der Waals surface area contributed by atoms with Crippen LogP contribution in [0.3, 0.4) is 0 Å². The summed E-state index contributed by atoms with van der Waals surface area (Å²) in [6, 6.07) is -1.14. The molecule has 0 saturated heterocycles. The van der Waals surface area contributed by atoms with Crippen molar-refractivity contribution in [2.75, 3.05) is 37.9 Å². The number of aliphatic imine (C=N–C) groups is 2. The Kier molecular flexibility index (Phi) is 6.69. The molecule has 2 rings (SSSR count). The van der Waals surface area contributed by atoms with Crippen LogP contribution >= 0.6 is 11.8 Å². The zero-order valence-corrected chi connectivity index (χ0v) is 14.0. The highest BCUT2D eigenvalue weighted by Gasteiger charge is 2.28. The monoisotopic (exact) mass is 344 g/mol. The first-order valence-electron chi connectivity index (χ1n) is 7.44. The Morgan fingerprint density at radius 2 is 1.43 bits per heavy atom. The molecule has 0 bridgehead atoms. The predicted molar refractivity (Wildman–Crippen MR) is 84.9 cm³/mol. The van der Waals surface area contributed by atoms with Crippen LogP contribution in [0.5, 0.6) is 0 Å². The van der Waals surface area contributed by atoms with Crippen molar-refractivity contribution in [2.45, 2.75) is 25.9 Å². The van der Waals surface area contributed by atoms with Crippen molar-refractivity contribution in [2.24, 2.45) is 9.98 Å². The highest BCUT2D eigenvalue weighted by atomic mass is 32.2. The van der Waals surface area contributed by atoms with E-state index in [2.05, 4.69) is 9.98 Å². The van der Waals surface area contributed by atoms with Gasteiger partial charge < -0.3 is 18.9 Å². The van der Waals surface area contributed by atoms with Gasteiger partial charge in [0.1, 0.15) is 13.2 Å². The van der Waals surface area contributed by atoms with E-state index in [9.17, 15) is 9.59 Å². The lowest BCUT2D eigenvalue weighted by Crippen LogP contribution is -2.22. The Balaban J connectivity index is 1.71. The van der Waals surface area contributed by atoms with E-state index in [0.29, 0.717) is 36.5 Å². The maximum Gasteiger partial charge on any atom is 0.334 e. The number of esters is 2. The highest BCUT2D eigenvalue weighted by Crippen LogP contribution is 2.14. The molecule has 9 heteroatoms. The van der Waals surface area contributed by atoms with E-state index in [1.807, 2.05) is 0 Å². The van der Waals surface area contributed by atoms with Gasteiger partial charge in [-0.05, 0) is 13.8 Å². The van der Waals surface area contributed by atoms with Crippen molar-refractivity contribution < 1.29 is 28.5 Å². The van der Waals surface area contributed by atoms with Crippen molar-refractivity contribution in [1.29, 1.82) is 0 Å². The van der Waals surface area contributed by atoms with Crippen molar-refractivity contribution >= 4 is 35.5 Å². The second kappa shape index (κ2) is 8.76. The number of ether oxygens (including phenoxy) is 4. The molecule has 23 heavy (non-hydrogen) atoms. The number of nitrogens with zero attached hydrogens (tertiary/aromatic N) is 2. The molecule has 128 valence electrons. The van der Waals surface area contributed by atoms with Gasteiger partial charge in [0.15, 0.2) is 23.9 Å². The lowest BCUT2D eigenvalue weighted by molar-refractivity contribution is -0.145. The largest absolute Gasteiger partial charge is 0.477 e. The molecule has 2 aliphatic heterocycles. The van der Waals surface area contributed by atoms with Gasteiger partial charge in [-0.1, -0.05) is 0 Å². The van der Waals surface area contributed by atoms with E-state index in [1.54, 1.807) is 13.8 Å². The number of hydrogen-bond acceptors (Lipinski definition) is 9. The maximum atomic E-state index is 11.5. The molecule has 0 unspecified atom stereocenters. The summed E-state index contributed by atoms with van der Waals surface area (Å²) >= 11 is 1.49. The summed E-state index contributed by atoms with van der Waals surface area (Å²) in [5, 5.41) is 0. The van der Waals surface area contributed by atoms with Crippen LogP contribution in [0, 0.1) is 0 Å². The van der Waals surface area contributed by atoms with E-state index < -0.39 is 12.1 Å². The predicted octanol–water partition coefficient (Wildman–Crippen LogP) is 0.440. The Morgan fingerprint density at radius 3 is 1.83 bits per heavy atom. The minimum atomic E-state index is -0.571. The first-order chi connectivity index (χ1) is 11.1. The van der Waals surface area contributed by atoms with Crippen molar-refractivity contribution in [3.63, 3.8) is 0 Å². The molecule has 0 aromatic carbocycles. The number of thioether (sulfide) groups is 1. The van der Waals surface area contributed by atoms with Gasteiger partial charge >= 0.3 is 11.9 Å². The van der Waals surface area contributed by atoms with E-state index >= 15 is 0 Å². The number of rotatable bonds is 8. The fraction of sp³-hybridized carbons (Fsp3) is 0.714. The van der Waals surface area contributed by atoms with Crippen molar-refractivity contribution in [3.05, 3.63) is 0 Å². The number of carbonyl (C=O) groups excluding carboxylic acids is 2. The van der Waals surface area contributed by atoms with Gasteiger partial charge in [0, 0.05) is 0 Å². The fourth-order valence-corrected chi connectivity index (χ4v) is 2.72. The molecule has 0 aliphatic carbocycles. The van der Waals surface area contributed by atoms with Crippen LogP contribution in [0.15, 0.2) is 9.98 Å². The Hall–Kier alpha value is -1.77. The summed E-state index contributed by atoms with van der Waals surface area (Å²) in [6.07, 6.45) is 0. The van der Waals surface area contributed by atoms with Gasteiger partial charge in [0.2, 0.25) is 0 Å². The van der Waals surface area contributed by atoms with Gasteiger partial charge in [0.25, 0.3) is 0 Å². The van der Waals surface area contributed by atoms with E-state index in [0.717, 1.165) is 0 Å². The van der Waals surface area contributed by atoms with Crippen molar-refractivity contribution in [1.82, 2.24) is 0 Å². The molecule has 0 amide bonds. The van der Waals surface area contributed by atoms with Crippen LogP contribution in [-0.2, 0) is 28.5 Å². The molecule has 0 fully saturated rings. The van der Waals surface area contributed by atoms with Gasteiger partial charge in [-0.3, -0.25) is 0 Å². The maximum absolute atomic E-state index is 11.5. The molecule has 0 aromatic rings. The Bertz CT molecular complexity index is 463. The molecule has 0 radical (unpaired) electrons. The Morgan fingerprint density at radius 1 is 1.00 bits per heavy atom. The fourth-order valence-electron chi connectivity index (χ4n) is 1.95. The molecule has 0 spiro atoms. The van der Waals surface area contributed by atoms with Crippen LogP contribution in [0.1, 0.15) is 13.8 Å². The summed E-state index contributed by atoms with van der Waals surface area (Å²) in [7, 11) is 0. The van der Waals surface area contributed by atoms with Crippen LogP contribution in [-0.4, -0.2) is 73.8 Å². The smallest absolute Gasteiger partial charge is 0.334 e. The van der Waals surface area contributed by atoms with Gasteiger partial charge in [-0.15, -0.1) is 11.8 Å². The zero-order chi connectivity index (χ0) is 16.7. The second-order valence-electron chi connectivity index (χ2n) is 4.70. The topological polar surface area (TPSA) is 95.8 Å². The quantitative estimate of drug-likeness (QED) is 0.590. The molecular weight excluding hydrogens is 324 g/mol. The molecule has 0 N–H and O–H groups in total. The minimum absolute atomic E-state index is 0.219.